The summed E-state index contributed by atoms with van der Waals surface area (Å²) in [5.41, 5.74) is 2.66. The van der Waals surface area contributed by atoms with E-state index in [2.05, 4.69) is 4.90 Å². The minimum atomic E-state index is -0.0354. The second-order valence-electron chi connectivity index (χ2n) is 4.65. The summed E-state index contributed by atoms with van der Waals surface area (Å²) in [6.45, 7) is 4.56. The number of benzene rings is 1. The zero-order valence-electron chi connectivity index (χ0n) is 11.4. The molecule has 0 radical (unpaired) electrons. The lowest BCUT2D eigenvalue weighted by Gasteiger charge is -2.31. The first kappa shape index (κ1) is 13.8. The van der Waals surface area contributed by atoms with Crippen molar-refractivity contribution < 1.29 is 14.6 Å². The molecule has 19 heavy (non-hydrogen) atoms. The molecule has 1 aliphatic heterocycles. The number of anilines is 2. The molecule has 5 heteroatoms. The first-order valence-electron chi connectivity index (χ1n) is 6.44. The van der Waals surface area contributed by atoms with Crippen LogP contribution in [0, 0.1) is 0 Å². The first-order valence-corrected chi connectivity index (χ1v) is 6.44. The molecule has 1 fully saturated rings. The molecular formula is C14H20N2O3. The van der Waals surface area contributed by atoms with Crippen LogP contribution >= 0.6 is 0 Å². The largest absolute Gasteiger partial charge is 0.392 e. The van der Waals surface area contributed by atoms with Crippen molar-refractivity contribution in [1.29, 1.82) is 0 Å². The van der Waals surface area contributed by atoms with Crippen molar-refractivity contribution in [2.45, 2.75) is 13.5 Å². The Morgan fingerprint density at radius 2 is 2.11 bits per heavy atom. The van der Waals surface area contributed by atoms with Crippen molar-refractivity contribution in [3.8, 4) is 0 Å². The lowest BCUT2D eigenvalue weighted by Crippen LogP contribution is -2.36. The second kappa shape index (κ2) is 6.04. The molecule has 5 nitrogen and oxygen atoms in total. The molecule has 0 aliphatic carbocycles. The number of hydrogen-bond donors (Lipinski definition) is 1. The molecule has 0 atom stereocenters. The summed E-state index contributed by atoms with van der Waals surface area (Å²) in [6, 6.07) is 5.74. The number of amides is 1. The smallest absolute Gasteiger partial charge is 0.223 e. The molecule has 0 bridgehead atoms. The van der Waals surface area contributed by atoms with Crippen LogP contribution in [0.4, 0.5) is 11.4 Å². The van der Waals surface area contributed by atoms with Crippen molar-refractivity contribution in [3.63, 3.8) is 0 Å². The quantitative estimate of drug-likeness (QED) is 0.885. The fraction of sp³-hybridized carbons (Fsp3) is 0.500. The van der Waals surface area contributed by atoms with E-state index < -0.39 is 0 Å². The Bertz CT molecular complexity index is 456. The van der Waals surface area contributed by atoms with Crippen molar-refractivity contribution in [1.82, 2.24) is 0 Å². The van der Waals surface area contributed by atoms with Crippen LogP contribution in [0.3, 0.4) is 0 Å². The van der Waals surface area contributed by atoms with E-state index >= 15 is 0 Å². The number of carbonyl (C=O) groups is 1. The molecule has 1 aliphatic rings. The highest BCUT2D eigenvalue weighted by atomic mass is 16.5. The molecule has 1 N–H and O–H groups in total. The number of hydrogen-bond acceptors (Lipinski definition) is 4. The summed E-state index contributed by atoms with van der Waals surface area (Å²) in [5.74, 6) is -0.0250. The fourth-order valence-electron chi connectivity index (χ4n) is 2.20. The third kappa shape index (κ3) is 3.05. The number of rotatable bonds is 3. The van der Waals surface area contributed by atoms with Gasteiger partial charge in [0.05, 0.1) is 19.8 Å². The van der Waals surface area contributed by atoms with E-state index in [1.165, 1.54) is 6.92 Å². The molecule has 2 rings (SSSR count). The zero-order chi connectivity index (χ0) is 13.8. The summed E-state index contributed by atoms with van der Waals surface area (Å²) in [5, 5.41) is 9.53. The van der Waals surface area contributed by atoms with Crippen molar-refractivity contribution in [3.05, 3.63) is 23.8 Å². The van der Waals surface area contributed by atoms with Crippen molar-refractivity contribution in [2.75, 3.05) is 43.2 Å². The number of nitrogens with zero attached hydrogens (tertiary/aromatic N) is 2. The fourth-order valence-corrected chi connectivity index (χ4v) is 2.20. The number of aliphatic hydroxyl groups excluding tert-OH is 1. The SMILES string of the molecule is CC(=O)N(C)c1ccc(N2CCOCC2)c(CO)c1. The molecule has 0 aromatic heterocycles. The van der Waals surface area contributed by atoms with Gasteiger partial charge in [-0.05, 0) is 18.2 Å². The van der Waals surface area contributed by atoms with Crippen LogP contribution in [0.2, 0.25) is 0 Å². The summed E-state index contributed by atoms with van der Waals surface area (Å²) in [7, 11) is 1.73. The van der Waals surface area contributed by atoms with E-state index in [0.717, 1.165) is 30.0 Å². The van der Waals surface area contributed by atoms with Gasteiger partial charge in [0.1, 0.15) is 0 Å². The van der Waals surface area contributed by atoms with Gasteiger partial charge in [0, 0.05) is 44.0 Å². The Kier molecular flexibility index (Phi) is 4.39. The van der Waals surface area contributed by atoms with Gasteiger partial charge >= 0.3 is 0 Å². The Morgan fingerprint density at radius 3 is 2.68 bits per heavy atom. The van der Waals surface area contributed by atoms with E-state index in [1.807, 2.05) is 18.2 Å². The summed E-state index contributed by atoms with van der Waals surface area (Å²) in [6.07, 6.45) is 0. The van der Waals surface area contributed by atoms with Gasteiger partial charge in [-0.25, -0.2) is 0 Å². The van der Waals surface area contributed by atoms with Crippen molar-refractivity contribution in [2.24, 2.45) is 0 Å². The predicted octanol–water partition coefficient (Wildman–Crippen LogP) is 0.998. The molecule has 1 amide bonds. The van der Waals surface area contributed by atoms with E-state index in [0.29, 0.717) is 13.2 Å². The van der Waals surface area contributed by atoms with Crippen LogP contribution in [0.5, 0.6) is 0 Å². The highest BCUT2D eigenvalue weighted by molar-refractivity contribution is 5.91. The zero-order valence-corrected chi connectivity index (χ0v) is 11.4. The topological polar surface area (TPSA) is 53.0 Å². The van der Waals surface area contributed by atoms with Crippen molar-refractivity contribution >= 4 is 17.3 Å². The number of aliphatic hydroxyl groups is 1. The molecule has 1 aromatic carbocycles. The average molecular weight is 264 g/mol. The van der Waals surface area contributed by atoms with Gasteiger partial charge in [-0.2, -0.15) is 0 Å². The molecule has 104 valence electrons. The van der Waals surface area contributed by atoms with Gasteiger partial charge in [-0.3, -0.25) is 4.79 Å². The Morgan fingerprint density at radius 1 is 1.42 bits per heavy atom. The predicted molar refractivity (Wildman–Crippen MR) is 74.5 cm³/mol. The molecule has 0 spiro atoms. The standard InChI is InChI=1S/C14H20N2O3/c1-11(18)15(2)13-3-4-14(12(9-13)10-17)16-5-7-19-8-6-16/h3-4,9,17H,5-8,10H2,1-2H3. The van der Waals surface area contributed by atoms with E-state index in [9.17, 15) is 9.90 Å². The minimum Gasteiger partial charge on any atom is -0.392 e. The highest BCUT2D eigenvalue weighted by Gasteiger charge is 2.16. The van der Waals surface area contributed by atoms with Gasteiger partial charge in [0.25, 0.3) is 0 Å². The molecular weight excluding hydrogens is 244 g/mol. The monoisotopic (exact) mass is 264 g/mol. The third-order valence-electron chi connectivity index (χ3n) is 3.44. The Balaban J connectivity index is 2.27. The minimum absolute atomic E-state index is 0.0250. The number of ether oxygens (including phenoxy) is 1. The lowest BCUT2D eigenvalue weighted by atomic mass is 10.1. The summed E-state index contributed by atoms with van der Waals surface area (Å²) in [4.78, 5) is 15.1. The molecule has 1 saturated heterocycles. The van der Waals surface area contributed by atoms with Crippen LogP contribution in [0.25, 0.3) is 0 Å². The van der Waals surface area contributed by atoms with E-state index in [1.54, 1.807) is 11.9 Å². The maximum absolute atomic E-state index is 11.4. The Hall–Kier alpha value is -1.59. The summed E-state index contributed by atoms with van der Waals surface area (Å²) >= 11 is 0. The third-order valence-corrected chi connectivity index (χ3v) is 3.44. The van der Waals surface area contributed by atoms with Crippen LogP contribution in [0.1, 0.15) is 12.5 Å². The van der Waals surface area contributed by atoms with Crippen LogP contribution < -0.4 is 9.80 Å². The van der Waals surface area contributed by atoms with Crippen LogP contribution in [0.15, 0.2) is 18.2 Å². The highest BCUT2D eigenvalue weighted by Crippen LogP contribution is 2.26. The van der Waals surface area contributed by atoms with Crippen LogP contribution in [-0.4, -0.2) is 44.4 Å². The lowest BCUT2D eigenvalue weighted by molar-refractivity contribution is -0.116. The first-order chi connectivity index (χ1) is 9.13. The van der Waals surface area contributed by atoms with Gasteiger partial charge in [0.15, 0.2) is 0 Å². The van der Waals surface area contributed by atoms with Gasteiger partial charge in [0.2, 0.25) is 5.91 Å². The van der Waals surface area contributed by atoms with Gasteiger partial charge < -0.3 is 19.6 Å². The average Bonchev–Trinajstić information content (AvgIpc) is 2.46. The molecule has 1 heterocycles. The normalized spacial score (nSPS) is 15.4. The number of carbonyl (C=O) groups excluding carboxylic acids is 1. The van der Waals surface area contributed by atoms with E-state index in [4.69, 9.17) is 4.74 Å². The maximum Gasteiger partial charge on any atom is 0.223 e. The molecule has 0 unspecified atom stereocenters. The number of morpholine rings is 1. The van der Waals surface area contributed by atoms with Gasteiger partial charge in [-0.15, -0.1) is 0 Å². The summed E-state index contributed by atoms with van der Waals surface area (Å²) < 4.78 is 5.33. The molecule has 1 aromatic rings. The maximum atomic E-state index is 11.4. The van der Waals surface area contributed by atoms with E-state index in [-0.39, 0.29) is 12.5 Å². The second-order valence-corrected chi connectivity index (χ2v) is 4.65. The van der Waals surface area contributed by atoms with Crippen LogP contribution in [-0.2, 0) is 16.1 Å². The Labute approximate surface area is 113 Å². The molecule has 0 saturated carbocycles. The van der Waals surface area contributed by atoms with Gasteiger partial charge in [-0.1, -0.05) is 0 Å².